The monoisotopic (exact) mass is 793 g/mol. The molecule has 0 atom stereocenters. The Morgan fingerprint density at radius 3 is 1.64 bits per heavy atom. The van der Waals surface area contributed by atoms with Crippen LogP contribution in [0.4, 0.5) is 0 Å². The van der Waals surface area contributed by atoms with Gasteiger partial charge in [-0.3, -0.25) is 0 Å². The summed E-state index contributed by atoms with van der Waals surface area (Å²) in [6.07, 6.45) is 0. The molecule has 0 unspecified atom stereocenters. The molecular formula is C57H35N3S. The van der Waals surface area contributed by atoms with Gasteiger partial charge in [-0.15, -0.1) is 0 Å². The van der Waals surface area contributed by atoms with Crippen LogP contribution in [0.3, 0.4) is 0 Å². The van der Waals surface area contributed by atoms with E-state index in [9.17, 15) is 0 Å². The molecule has 1 spiro atoms. The van der Waals surface area contributed by atoms with Gasteiger partial charge in [0.15, 0.2) is 5.82 Å². The zero-order chi connectivity index (χ0) is 40.1. The molecule has 3 heterocycles. The lowest BCUT2D eigenvalue weighted by molar-refractivity contribution is 0.726. The Hall–Kier alpha value is -7.53. The lowest BCUT2D eigenvalue weighted by Crippen LogP contribution is -2.32. The standard InChI is InChI=1S/C57H35N3S/c1-3-17-36(18-4-1)48-35-49(37-19-5-2-6-20-37)59-56(58-48)42-31-33-51(41-24-8-7-21-38(41)42)60-50-29-15-11-25-43(50)54-52(60)34-32-47-55(54)61-53-30-16-14-28-46(53)57(47)44-26-12-9-22-39(44)40-23-10-13-27-45(40)57/h1-35H. The van der Waals surface area contributed by atoms with Gasteiger partial charge in [0.1, 0.15) is 0 Å². The number of aromatic nitrogens is 3. The molecule has 13 rings (SSSR count). The van der Waals surface area contributed by atoms with E-state index in [1.165, 1.54) is 65.0 Å². The molecule has 0 bridgehead atoms. The normalized spacial score (nSPS) is 13.3. The molecule has 0 amide bonds. The molecule has 3 nitrogen and oxygen atoms in total. The second-order valence-corrected chi connectivity index (χ2v) is 17.1. The van der Waals surface area contributed by atoms with Gasteiger partial charge in [0.25, 0.3) is 0 Å². The summed E-state index contributed by atoms with van der Waals surface area (Å²) in [4.78, 5) is 13.1. The van der Waals surface area contributed by atoms with Crippen LogP contribution in [0.15, 0.2) is 222 Å². The Bertz CT molecular complexity index is 3470. The van der Waals surface area contributed by atoms with Crippen LogP contribution in [-0.2, 0) is 5.41 Å². The van der Waals surface area contributed by atoms with Crippen molar-refractivity contribution in [1.29, 1.82) is 0 Å². The van der Waals surface area contributed by atoms with E-state index in [1.54, 1.807) is 0 Å². The van der Waals surface area contributed by atoms with E-state index in [0.717, 1.165) is 44.5 Å². The Morgan fingerprint density at radius 1 is 0.393 bits per heavy atom. The molecule has 61 heavy (non-hydrogen) atoms. The van der Waals surface area contributed by atoms with E-state index in [1.807, 2.05) is 23.9 Å². The minimum Gasteiger partial charge on any atom is -0.309 e. The molecule has 1 aliphatic carbocycles. The number of benzene rings is 9. The Balaban J connectivity index is 1.07. The maximum Gasteiger partial charge on any atom is 0.161 e. The summed E-state index contributed by atoms with van der Waals surface area (Å²) in [6, 6.07) is 77.1. The van der Waals surface area contributed by atoms with Gasteiger partial charge >= 0.3 is 0 Å². The molecule has 9 aromatic carbocycles. The van der Waals surface area contributed by atoms with E-state index in [2.05, 4.69) is 205 Å². The van der Waals surface area contributed by atoms with Crippen molar-refractivity contribution in [1.82, 2.24) is 14.5 Å². The predicted molar refractivity (Wildman–Crippen MR) is 252 cm³/mol. The number of hydrogen-bond acceptors (Lipinski definition) is 3. The van der Waals surface area contributed by atoms with Gasteiger partial charge in [-0.1, -0.05) is 188 Å². The Morgan fingerprint density at radius 2 is 0.951 bits per heavy atom. The maximum absolute atomic E-state index is 5.25. The minimum absolute atomic E-state index is 0.441. The minimum atomic E-state index is -0.441. The lowest BCUT2D eigenvalue weighted by atomic mass is 9.67. The molecule has 284 valence electrons. The van der Waals surface area contributed by atoms with Crippen LogP contribution >= 0.6 is 11.8 Å². The first-order valence-electron chi connectivity index (χ1n) is 20.8. The summed E-state index contributed by atoms with van der Waals surface area (Å²) in [5.41, 5.74) is 16.0. The zero-order valence-electron chi connectivity index (χ0n) is 33.0. The smallest absolute Gasteiger partial charge is 0.161 e. The van der Waals surface area contributed by atoms with Crippen LogP contribution in [0.5, 0.6) is 0 Å². The van der Waals surface area contributed by atoms with Crippen LogP contribution in [0, 0.1) is 0 Å². The number of para-hydroxylation sites is 1. The van der Waals surface area contributed by atoms with Crippen molar-refractivity contribution in [2.45, 2.75) is 15.2 Å². The third kappa shape index (κ3) is 4.88. The first-order chi connectivity index (χ1) is 30.3. The quantitative estimate of drug-likeness (QED) is 0.178. The van der Waals surface area contributed by atoms with Gasteiger partial charge in [-0.05, 0) is 75.2 Å². The van der Waals surface area contributed by atoms with Crippen molar-refractivity contribution >= 4 is 44.3 Å². The fraction of sp³-hybridized carbons (Fsp3) is 0.0175. The average molecular weight is 794 g/mol. The number of fused-ring (bicyclic) bond motifs is 14. The molecule has 0 fully saturated rings. The van der Waals surface area contributed by atoms with Crippen LogP contribution in [0.2, 0.25) is 0 Å². The van der Waals surface area contributed by atoms with Gasteiger partial charge in [0.2, 0.25) is 0 Å². The van der Waals surface area contributed by atoms with Crippen molar-refractivity contribution in [3.8, 4) is 50.7 Å². The fourth-order valence-electron chi connectivity index (χ4n) is 10.4. The van der Waals surface area contributed by atoms with E-state index in [4.69, 9.17) is 9.97 Å². The zero-order valence-corrected chi connectivity index (χ0v) is 33.8. The van der Waals surface area contributed by atoms with Gasteiger partial charge in [-0.25, -0.2) is 9.97 Å². The van der Waals surface area contributed by atoms with Gasteiger partial charge in [-0.2, -0.15) is 0 Å². The van der Waals surface area contributed by atoms with Crippen LogP contribution in [-0.4, -0.2) is 14.5 Å². The van der Waals surface area contributed by atoms with Crippen molar-refractivity contribution in [3.05, 3.63) is 235 Å². The van der Waals surface area contributed by atoms with Crippen molar-refractivity contribution in [2.24, 2.45) is 0 Å². The predicted octanol–water partition coefficient (Wildman–Crippen LogP) is 14.6. The second kappa shape index (κ2) is 13.2. The molecule has 0 N–H and O–H groups in total. The highest BCUT2D eigenvalue weighted by Gasteiger charge is 2.50. The largest absolute Gasteiger partial charge is 0.309 e. The van der Waals surface area contributed by atoms with Crippen molar-refractivity contribution in [2.75, 3.05) is 0 Å². The highest BCUT2D eigenvalue weighted by molar-refractivity contribution is 7.99. The maximum atomic E-state index is 5.25. The van der Waals surface area contributed by atoms with Crippen molar-refractivity contribution < 1.29 is 0 Å². The number of rotatable bonds is 4. The molecule has 0 saturated carbocycles. The number of nitrogens with zero attached hydrogens (tertiary/aromatic N) is 3. The SMILES string of the molecule is c1ccc(-c2cc(-c3ccccc3)nc(-c3ccc(-n4c5ccccc5c5c6c(ccc54)C4(c5ccccc5S6)c5ccccc5-c5ccccc54)c4ccccc34)n2)cc1. The molecule has 11 aromatic rings. The first kappa shape index (κ1) is 34.3. The van der Waals surface area contributed by atoms with Gasteiger partial charge in [0.05, 0.1) is 33.5 Å². The van der Waals surface area contributed by atoms with Crippen LogP contribution in [0.1, 0.15) is 22.3 Å². The summed E-state index contributed by atoms with van der Waals surface area (Å²) < 4.78 is 2.48. The van der Waals surface area contributed by atoms with E-state index < -0.39 is 5.41 Å². The second-order valence-electron chi connectivity index (χ2n) is 16.0. The topological polar surface area (TPSA) is 30.7 Å². The molecule has 0 saturated heterocycles. The summed E-state index contributed by atoms with van der Waals surface area (Å²) in [7, 11) is 0. The number of hydrogen-bond donors (Lipinski definition) is 0. The summed E-state index contributed by atoms with van der Waals surface area (Å²) in [5.74, 6) is 0.705. The first-order valence-corrected chi connectivity index (χ1v) is 21.6. The van der Waals surface area contributed by atoms with Gasteiger partial charge < -0.3 is 4.57 Å². The molecule has 2 aromatic heterocycles. The lowest BCUT2D eigenvalue weighted by Gasteiger charge is -2.40. The Labute approximate surface area is 357 Å². The highest BCUT2D eigenvalue weighted by atomic mass is 32.2. The third-order valence-corrected chi connectivity index (χ3v) is 14.1. The molecule has 2 aliphatic rings. The van der Waals surface area contributed by atoms with Crippen LogP contribution in [0.25, 0.3) is 83.3 Å². The summed E-state index contributed by atoms with van der Waals surface area (Å²) in [6.45, 7) is 0. The third-order valence-electron chi connectivity index (χ3n) is 12.9. The van der Waals surface area contributed by atoms with E-state index in [-0.39, 0.29) is 0 Å². The van der Waals surface area contributed by atoms with E-state index in [0.29, 0.717) is 5.82 Å². The molecule has 1 aliphatic heterocycles. The molecule has 4 heteroatoms. The van der Waals surface area contributed by atoms with Crippen molar-refractivity contribution in [3.63, 3.8) is 0 Å². The van der Waals surface area contributed by atoms with Gasteiger partial charge in [0, 0.05) is 42.6 Å². The molecule has 0 radical (unpaired) electrons. The average Bonchev–Trinajstić information content (AvgIpc) is 3.83. The van der Waals surface area contributed by atoms with E-state index >= 15 is 0 Å². The summed E-state index contributed by atoms with van der Waals surface area (Å²) >= 11 is 1.92. The Kier molecular flexibility index (Phi) is 7.45. The summed E-state index contributed by atoms with van der Waals surface area (Å²) in [5, 5.41) is 4.78. The van der Waals surface area contributed by atoms with Crippen LogP contribution < -0.4 is 0 Å². The molecular weight excluding hydrogens is 759 g/mol. The fourth-order valence-corrected chi connectivity index (χ4v) is 11.7. The highest BCUT2D eigenvalue weighted by Crippen LogP contribution is 2.63.